The van der Waals surface area contributed by atoms with E-state index in [1.165, 1.54) is 0 Å². The van der Waals surface area contributed by atoms with Crippen LogP contribution in [0.4, 0.5) is 0 Å². The van der Waals surface area contributed by atoms with Crippen LogP contribution in [0, 0.1) is 13.8 Å². The van der Waals surface area contributed by atoms with E-state index >= 15 is 0 Å². The van der Waals surface area contributed by atoms with Gasteiger partial charge in [-0.2, -0.15) is 0 Å². The van der Waals surface area contributed by atoms with Gasteiger partial charge in [-0.15, -0.1) is 10.2 Å². The third-order valence-corrected chi connectivity index (χ3v) is 5.08. The lowest BCUT2D eigenvalue weighted by Crippen LogP contribution is -2.44. The number of benzene rings is 1. The molecule has 6 heteroatoms. The van der Waals surface area contributed by atoms with Gasteiger partial charge in [0.1, 0.15) is 17.4 Å². The van der Waals surface area contributed by atoms with Gasteiger partial charge in [0.25, 0.3) is 5.91 Å². The molecule has 0 N–H and O–H groups in total. The van der Waals surface area contributed by atoms with Crippen molar-refractivity contribution in [2.24, 2.45) is 0 Å². The fourth-order valence-corrected chi connectivity index (χ4v) is 3.91. The number of carbonyl (C=O) groups excluding carboxylic acids is 1. The lowest BCUT2D eigenvalue weighted by molar-refractivity contribution is -0.136. The summed E-state index contributed by atoms with van der Waals surface area (Å²) < 4.78 is 7.88. The molecule has 1 amide bonds. The van der Waals surface area contributed by atoms with Gasteiger partial charge in [-0.05, 0) is 44.4 Å². The van der Waals surface area contributed by atoms with Gasteiger partial charge in [0, 0.05) is 19.0 Å². The van der Waals surface area contributed by atoms with E-state index in [-0.39, 0.29) is 24.6 Å². The van der Waals surface area contributed by atoms with E-state index in [0.717, 1.165) is 48.8 Å². The number of hydrogen-bond donors (Lipinski definition) is 0. The molecule has 0 aliphatic carbocycles. The molecule has 1 fully saturated rings. The van der Waals surface area contributed by atoms with Crippen molar-refractivity contribution in [1.29, 1.82) is 0 Å². The van der Waals surface area contributed by atoms with Crippen LogP contribution in [0.5, 0.6) is 5.75 Å². The predicted molar refractivity (Wildman–Crippen MR) is 88.8 cm³/mol. The molecule has 1 aromatic heterocycles. The summed E-state index contributed by atoms with van der Waals surface area (Å²) in [5, 5.41) is 8.45. The van der Waals surface area contributed by atoms with Crippen LogP contribution in [0.1, 0.15) is 30.1 Å². The van der Waals surface area contributed by atoms with Crippen LogP contribution in [-0.4, -0.2) is 44.3 Å². The quantitative estimate of drug-likeness (QED) is 0.864. The Kier molecular flexibility index (Phi) is 3.75. The topological polar surface area (TPSA) is 60.2 Å². The first-order valence-corrected chi connectivity index (χ1v) is 8.51. The molecule has 1 aromatic carbocycles. The van der Waals surface area contributed by atoms with E-state index in [2.05, 4.69) is 14.8 Å². The maximum absolute atomic E-state index is 12.8. The number of hydrogen-bond acceptors (Lipinski definition) is 4. The van der Waals surface area contributed by atoms with Gasteiger partial charge in [0.05, 0.1) is 6.04 Å². The summed E-state index contributed by atoms with van der Waals surface area (Å²) in [7, 11) is 0. The van der Waals surface area contributed by atoms with E-state index < -0.39 is 0 Å². The molecule has 24 heavy (non-hydrogen) atoms. The van der Waals surface area contributed by atoms with Crippen LogP contribution in [-0.2, 0) is 17.8 Å². The SMILES string of the molecule is Cc1cccc(OCC(=O)N2C3CCC2Cn2c(C)nnc2C3)c1. The molecule has 2 aromatic rings. The number of aryl methyl sites for hydroxylation is 2. The first kappa shape index (κ1) is 15.2. The lowest BCUT2D eigenvalue weighted by atomic mass is 10.1. The molecule has 126 valence electrons. The Hall–Kier alpha value is -2.37. The number of nitrogens with zero attached hydrogens (tertiary/aromatic N) is 4. The Bertz CT molecular complexity index is 770. The zero-order valence-corrected chi connectivity index (χ0v) is 14.1. The number of ether oxygens (including phenoxy) is 1. The highest BCUT2D eigenvalue weighted by Gasteiger charge is 2.40. The lowest BCUT2D eigenvalue weighted by Gasteiger charge is -2.28. The molecule has 4 rings (SSSR count). The van der Waals surface area contributed by atoms with Crippen molar-refractivity contribution < 1.29 is 9.53 Å². The van der Waals surface area contributed by atoms with Crippen molar-refractivity contribution in [2.75, 3.05) is 6.61 Å². The van der Waals surface area contributed by atoms with Crippen LogP contribution in [0.25, 0.3) is 0 Å². The molecular weight excluding hydrogens is 304 g/mol. The van der Waals surface area contributed by atoms with E-state index in [0.29, 0.717) is 0 Å². The van der Waals surface area contributed by atoms with Crippen molar-refractivity contribution in [3.63, 3.8) is 0 Å². The molecular formula is C18H22N4O2. The van der Waals surface area contributed by atoms with Gasteiger partial charge in [0.2, 0.25) is 0 Å². The van der Waals surface area contributed by atoms with Crippen molar-refractivity contribution in [3.05, 3.63) is 41.5 Å². The average Bonchev–Trinajstić information content (AvgIpc) is 3.04. The normalized spacial score (nSPS) is 22.2. The summed E-state index contributed by atoms with van der Waals surface area (Å²) in [6.07, 6.45) is 2.86. The molecule has 0 saturated carbocycles. The molecule has 1 saturated heterocycles. The van der Waals surface area contributed by atoms with Crippen LogP contribution < -0.4 is 4.74 Å². The maximum Gasteiger partial charge on any atom is 0.261 e. The van der Waals surface area contributed by atoms with Crippen molar-refractivity contribution >= 4 is 5.91 Å². The summed E-state index contributed by atoms with van der Waals surface area (Å²) in [4.78, 5) is 14.8. The highest BCUT2D eigenvalue weighted by Crippen LogP contribution is 2.31. The van der Waals surface area contributed by atoms with Crippen LogP contribution in [0.3, 0.4) is 0 Å². The van der Waals surface area contributed by atoms with Crippen molar-refractivity contribution in [3.8, 4) is 5.75 Å². The molecule has 2 aliphatic heterocycles. The third kappa shape index (κ3) is 2.66. The summed E-state index contributed by atoms with van der Waals surface area (Å²) in [5.74, 6) is 2.75. The molecule has 2 bridgehead atoms. The minimum absolute atomic E-state index is 0.0698. The Morgan fingerprint density at radius 1 is 1.25 bits per heavy atom. The van der Waals surface area contributed by atoms with Gasteiger partial charge in [-0.3, -0.25) is 4.79 Å². The average molecular weight is 326 g/mol. The Morgan fingerprint density at radius 3 is 2.92 bits per heavy atom. The molecule has 2 atom stereocenters. The largest absolute Gasteiger partial charge is 0.484 e. The summed E-state index contributed by atoms with van der Waals surface area (Å²) in [5.41, 5.74) is 1.13. The van der Waals surface area contributed by atoms with Crippen molar-refractivity contribution in [1.82, 2.24) is 19.7 Å². The predicted octanol–water partition coefficient (Wildman–Crippen LogP) is 1.89. The molecule has 2 aliphatic rings. The van der Waals surface area contributed by atoms with E-state index in [1.807, 2.05) is 43.0 Å². The standard InChI is InChI=1S/C18H22N4O2/c1-12-4-3-5-16(8-12)24-11-18(23)22-14-6-7-15(22)10-21-13(2)19-20-17(21)9-14/h3-5,8,14-15H,6-7,9-11H2,1-2H3. The van der Waals surface area contributed by atoms with E-state index in [1.54, 1.807) is 0 Å². The number of aromatic nitrogens is 3. The van der Waals surface area contributed by atoms with Crippen LogP contribution >= 0.6 is 0 Å². The zero-order chi connectivity index (χ0) is 16.7. The van der Waals surface area contributed by atoms with Crippen LogP contribution in [0.15, 0.2) is 24.3 Å². The number of carbonyl (C=O) groups is 1. The van der Waals surface area contributed by atoms with Gasteiger partial charge in [-0.1, -0.05) is 12.1 Å². The Balaban J connectivity index is 1.47. The second-order valence-electron chi connectivity index (χ2n) is 6.77. The smallest absolute Gasteiger partial charge is 0.261 e. The molecule has 3 heterocycles. The summed E-state index contributed by atoms with van der Waals surface area (Å²) >= 11 is 0. The van der Waals surface area contributed by atoms with E-state index in [4.69, 9.17) is 4.74 Å². The van der Waals surface area contributed by atoms with E-state index in [9.17, 15) is 4.79 Å². The third-order valence-electron chi connectivity index (χ3n) is 5.08. The molecule has 2 unspecified atom stereocenters. The van der Waals surface area contributed by atoms with Gasteiger partial charge < -0.3 is 14.2 Å². The van der Waals surface area contributed by atoms with Crippen LogP contribution in [0.2, 0.25) is 0 Å². The minimum atomic E-state index is 0.0698. The fourth-order valence-electron chi connectivity index (χ4n) is 3.91. The van der Waals surface area contributed by atoms with Gasteiger partial charge >= 0.3 is 0 Å². The highest BCUT2D eigenvalue weighted by atomic mass is 16.5. The summed E-state index contributed by atoms with van der Waals surface area (Å²) in [6.45, 7) is 4.88. The minimum Gasteiger partial charge on any atom is -0.484 e. The van der Waals surface area contributed by atoms with Gasteiger partial charge in [-0.25, -0.2) is 0 Å². The second kappa shape index (κ2) is 5.92. The molecule has 0 spiro atoms. The molecule has 0 radical (unpaired) electrons. The maximum atomic E-state index is 12.8. The Labute approximate surface area is 141 Å². The Morgan fingerprint density at radius 2 is 2.08 bits per heavy atom. The highest BCUT2D eigenvalue weighted by molar-refractivity contribution is 5.79. The number of amides is 1. The second-order valence-corrected chi connectivity index (χ2v) is 6.77. The number of fused-ring (bicyclic) bond motifs is 3. The molecule has 6 nitrogen and oxygen atoms in total. The summed E-state index contributed by atoms with van der Waals surface area (Å²) in [6, 6.07) is 8.24. The number of rotatable bonds is 3. The fraction of sp³-hybridized carbons (Fsp3) is 0.500. The first-order valence-electron chi connectivity index (χ1n) is 8.51. The van der Waals surface area contributed by atoms with Crippen molar-refractivity contribution in [2.45, 2.75) is 51.7 Å². The van der Waals surface area contributed by atoms with Gasteiger partial charge in [0.15, 0.2) is 6.61 Å². The first-order chi connectivity index (χ1) is 11.6. The zero-order valence-electron chi connectivity index (χ0n) is 14.1. The monoisotopic (exact) mass is 326 g/mol.